The van der Waals surface area contributed by atoms with Gasteiger partial charge in [0.2, 0.25) is 5.91 Å². The number of carbonyl (C=O) groups excluding carboxylic acids is 3. The van der Waals surface area contributed by atoms with Gasteiger partial charge in [-0.25, -0.2) is 4.79 Å². The summed E-state index contributed by atoms with van der Waals surface area (Å²) in [5, 5.41) is 0. The summed E-state index contributed by atoms with van der Waals surface area (Å²) in [7, 11) is 0. The predicted octanol–water partition coefficient (Wildman–Crippen LogP) is 1.78. The zero-order valence-electron chi connectivity index (χ0n) is 15.7. The molecular weight excluding hydrogens is 348 g/mol. The smallest absolute Gasteiger partial charge is 0.333 e. The van der Waals surface area contributed by atoms with Crippen molar-refractivity contribution >= 4 is 23.5 Å². The van der Waals surface area contributed by atoms with Gasteiger partial charge in [0.15, 0.2) is 0 Å². The quantitative estimate of drug-likeness (QED) is 0.392. The number of anilines is 1. The summed E-state index contributed by atoms with van der Waals surface area (Å²) in [4.78, 5) is 39.1. The van der Waals surface area contributed by atoms with Crippen LogP contribution in [0.5, 0.6) is 0 Å². The highest BCUT2D eigenvalue weighted by Gasteiger charge is 2.21. The van der Waals surface area contributed by atoms with E-state index in [0.717, 1.165) is 18.8 Å². The lowest BCUT2D eigenvalue weighted by Gasteiger charge is -2.36. The van der Waals surface area contributed by atoms with Gasteiger partial charge in [-0.1, -0.05) is 24.8 Å². The van der Waals surface area contributed by atoms with Crippen LogP contribution in [-0.2, 0) is 23.9 Å². The van der Waals surface area contributed by atoms with Gasteiger partial charge in [0, 0.05) is 43.9 Å². The first-order valence-electron chi connectivity index (χ1n) is 9.03. The number of para-hydroxylation sites is 1. The number of piperazine rings is 1. The molecule has 0 aromatic heterocycles. The molecule has 0 spiro atoms. The Bertz CT molecular complexity index is 666. The summed E-state index contributed by atoms with van der Waals surface area (Å²) in [6.45, 7) is 7.77. The monoisotopic (exact) mass is 374 g/mol. The van der Waals surface area contributed by atoms with Gasteiger partial charge in [0.05, 0.1) is 6.42 Å². The third-order valence-electron chi connectivity index (χ3n) is 4.22. The highest BCUT2D eigenvalue weighted by Crippen LogP contribution is 2.16. The predicted molar refractivity (Wildman–Crippen MR) is 101 cm³/mol. The van der Waals surface area contributed by atoms with Crippen molar-refractivity contribution in [1.29, 1.82) is 0 Å². The lowest BCUT2D eigenvalue weighted by molar-refractivity contribution is -0.151. The lowest BCUT2D eigenvalue weighted by Crippen LogP contribution is -2.48. The molecule has 1 aliphatic rings. The Labute approximate surface area is 159 Å². The Morgan fingerprint density at radius 2 is 1.59 bits per heavy atom. The summed E-state index contributed by atoms with van der Waals surface area (Å²) in [5.74, 6) is -1.04. The zero-order chi connectivity index (χ0) is 19.6. The molecule has 0 atom stereocenters. The van der Waals surface area contributed by atoms with Crippen molar-refractivity contribution in [2.45, 2.75) is 19.8 Å². The first-order valence-corrected chi connectivity index (χ1v) is 9.03. The van der Waals surface area contributed by atoms with E-state index in [1.165, 1.54) is 0 Å². The summed E-state index contributed by atoms with van der Waals surface area (Å²) < 4.78 is 9.79. The maximum Gasteiger partial charge on any atom is 0.333 e. The highest BCUT2D eigenvalue weighted by molar-refractivity contribution is 5.87. The largest absolute Gasteiger partial charge is 0.462 e. The average Bonchev–Trinajstić information content (AvgIpc) is 2.70. The van der Waals surface area contributed by atoms with Crippen molar-refractivity contribution in [3.63, 3.8) is 0 Å². The van der Waals surface area contributed by atoms with E-state index in [1.807, 2.05) is 18.2 Å². The second kappa shape index (κ2) is 10.4. The molecule has 0 radical (unpaired) electrons. The van der Waals surface area contributed by atoms with E-state index in [4.69, 9.17) is 9.47 Å². The van der Waals surface area contributed by atoms with Crippen LogP contribution in [0.1, 0.15) is 19.8 Å². The number of benzene rings is 1. The number of rotatable bonds is 8. The third kappa shape index (κ3) is 6.77. The standard InChI is InChI=1S/C20H26N2O5/c1-16(2)20(25)27-15-14-26-19(24)9-8-18(23)22-12-10-21(11-13-22)17-6-4-3-5-7-17/h3-7H,1,8-15H2,2H3. The van der Waals surface area contributed by atoms with Gasteiger partial charge in [-0.05, 0) is 19.1 Å². The molecule has 1 saturated heterocycles. The zero-order valence-corrected chi connectivity index (χ0v) is 15.7. The molecule has 2 rings (SSSR count). The number of carbonyl (C=O) groups is 3. The lowest BCUT2D eigenvalue weighted by atomic mass is 10.2. The molecule has 1 fully saturated rings. The number of amides is 1. The van der Waals surface area contributed by atoms with E-state index in [9.17, 15) is 14.4 Å². The molecule has 7 heteroatoms. The molecule has 0 saturated carbocycles. The van der Waals surface area contributed by atoms with Crippen molar-refractivity contribution in [3.8, 4) is 0 Å². The van der Waals surface area contributed by atoms with Crippen LogP contribution in [0.2, 0.25) is 0 Å². The highest BCUT2D eigenvalue weighted by atomic mass is 16.6. The third-order valence-corrected chi connectivity index (χ3v) is 4.22. The molecule has 1 aromatic carbocycles. The number of esters is 2. The van der Waals surface area contributed by atoms with E-state index in [2.05, 4.69) is 23.6 Å². The molecule has 0 N–H and O–H groups in total. The van der Waals surface area contributed by atoms with Gasteiger partial charge in [0.25, 0.3) is 0 Å². The fraction of sp³-hybridized carbons (Fsp3) is 0.450. The molecule has 1 heterocycles. The first-order chi connectivity index (χ1) is 13.0. The Balaban J connectivity index is 1.61. The van der Waals surface area contributed by atoms with E-state index in [0.29, 0.717) is 18.7 Å². The maximum atomic E-state index is 12.3. The van der Waals surface area contributed by atoms with Crippen LogP contribution < -0.4 is 4.90 Å². The second-order valence-corrected chi connectivity index (χ2v) is 6.34. The Kier molecular flexibility index (Phi) is 7.85. The van der Waals surface area contributed by atoms with E-state index >= 15 is 0 Å². The van der Waals surface area contributed by atoms with Crippen LogP contribution in [0, 0.1) is 0 Å². The van der Waals surface area contributed by atoms with Gasteiger partial charge in [-0.15, -0.1) is 0 Å². The molecule has 7 nitrogen and oxygen atoms in total. The van der Waals surface area contributed by atoms with Crippen molar-refractivity contribution in [1.82, 2.24) is 4.90 Å². The number of ether oxygens (including phenoxy) is 2. The SMILES string of the molecule is C=C(C)C(=O)OCCOC(=O)CCC(=O)N1CCN(c2ccccc2)CC1. The average molecular weight is 374 g/mol. The van der Waals surface area contributed by atoms with Crippen LogP contribution in [0.25, 0.3) is 0 Å². The summed E-state index contributed by atoms with van der Waals surface area (Å²) >= 11 is 0. The number of nitrogens with zero attached hydrogens (tertiary/aromatic N) is 2. The van der Waals surface area contributed by atoms with E-state index in [1.54, 1.807) is 11.8 Å². The van der Waals surface area contributed by atoms with Crippen molar-refractivity contribution in [2.24, 2.45) is 0 Å². The summed E-state index contributed by atoms with van der Waals surface area (Å²) in [6.07, 6.45) is 0.141. The molecule has 0 unspecified atom stereocenters. The van der Waals surface area contributed by atoms with Gasteiger partial charge in [0.1, 0.15) is 13.2 Å². The molecule has 1 aliphatic heterocycles. The Morgan fingerprint density at radius 1 is 0.963 bits per heavy atom. The molecule has 1 aromatic rings. The Morgan fingerprint density at radius 3 is 2.22 bits per heavy atom. The minimum absolute atomic E-state index is 0.0200. The van der Waals surface area contributed by atoms with Gasteiger partial charge in [-0.3, -0.25) is 9.59 Å². The molecular formula is C20H26N2O5. The molecule has 1 amide bonds. The molecule has 27 heavy (non-hydrogen) atoms. The number of hydrogen-bond acceptors (Lipinski definition) is 6. The number of hydrogen-bond donors (Lipinski definition) is 0. The maximum absolute atomic E-state index is 12.3. The van der Waals surface area contributed by atoms with Crippen LogP contribution >= 0.6 is 0 Å². The van der Waals surface area contributed by atoms with Gasteiger partial charge >= 0.3 is 11.9 Å². The first kappa shape index (κ1) is 20.5. The molecule has 0 aliphatic carbocycles. The summed E-state index contributed by atoms with van der Waals surface area (Å²) in [5.41, 5.74) is 1.44. The van der Waals surface area contributed by atoms with Crippen molar-refractivity contribution in [2.75, 3.05) is 44.3 Å². The minimum atomic E-state index is -0.518. The second-order valence-electron chi connectivity index (χ2n) is 6.34. The van der Waals surface area contributed by atoms with Gasteiger partial charge < -0.3 is 19.3 Å². The molecule has 146 valence electrons. The fourth-order valence-corrected chi connectivity index (χ4v) is 2.71. The topological polar surface area (TPSA) is 76.1 Å². The van der Waals surface area contributed by atoms with Crippen LogP contribution in [0.3, 0.4) is 0 Å². The van der Waals surface area contributed by atoms with Crippen LogP contribution in [0.4, 0.5) is 5.69 Å². The van der Waals surface area contributed by atoms with Crippen molar-refractivity contribution < 1.29 is 23.9 Å². The van der Waals surface area contributed by atoms with E-state index < -0.39 is 11.9 Å². The summed E-state index contributed by atoms with van der Waals surface area (Å²) in [6, 6.07) is 10.1. The van der Waals surface area contributed by atoms with E-state index in [-0.39, 0.29) is 32.0 Å². The fourth-order valence-electron chi connectivity index (χ4n) is 2.71. The molecule has 0 bridgehead atoms. The van der Waals surface area contributed by atoms with Crippen LogP contribution in [-0.4, -0.2) is 62.1 Å². The van der Waals surface area contributed by atoms with Crippen molar-refractivity contribution in [3.05, 3.63) is 42.5 Å². The van der Waals surface area contributed by atoms with Gasteiger partial charge in [-0.2, -0.15) is 0 Å². The minimum Gasteiger partial charge on any atom is -0.462 e. The Hall–Kier alpha value is -2.83. The van der Waals surface area contributed by atoms with Crippen LogP contribution in [0.15, 0.2) is 42.5 Å². The normalized spacial score (nSPS) is 13.8.